The molecule has 4 aromatic carbocycles. The first-order valence-corrected chi connectivity index (χ1v) is 13.8. The highest BCUT2D eigenvalue weighted by molar-refractivity contribution is 5.88. The molecule has 0 aromatic heterocycles. The Kier molecular flexibility index (Phi) is 9.05. The first kappa shape index (κ1) is 26.9. The van der Waals surface area contributed by atoms with Crippen LogP contribution in [0.25, 0.3) is 27.2 Å². The Balaban J connectivity index is 0.00000320. The maximum Gasteiger partial charge on any atom is 0.0437 e. The van der Waals surface area contributed by atoms with Gasteiger partial charge in [-0.2, -0.15) is 0 Å². The van der Waals surface area contributed by atoms with Crippen molar-refractivity contribution in [1.29, 1.82) is 0 Å². The van der Waals surface area contributed by atoms with Crippen LogP contribution in [0.1, 0.15) is 63.6 Å². The van der Waals surface area contributed by atoms with E-state index in [9.17, 15) is 0 Å². The molecule has 2 nitrogen and oxygen atoms in total. The fourth-order valence-corrected chi connectivity index (χ4v) is 5.50. The lowest BCUT2D eigenvalue weighted by atomic mass is 9.97. The maximum absolute atomic E-state index is 2.70. The molecule has 0 unspecified atom stereocenters. The van der Waals surface area contributed by atoms with Crippen molar-refractivity contribution in [3.05, 3.63) is 101 Å². The third kappa shape index (κ3) is 6.43. The predicted molar refractivity (Wildman–Crippen MR) is 163 cm³/mol. The van der Waals surface area contributed by atoms with E-state index in [1.54, 1.807) is 5.57 Å². The van der Waals surface area contributed by atoms with Gasteiger partial charge in [-0.3, -0.25) is 0 Å². The van der Waals surface area contributed by atoms with Crippen LogP contribution in [0.4, 0.5) is 0 Å². The minimum Gasteiger partial charge on any atom is -0.367 e. The summed E-state index contributed by atoms with van der Waals surface area (Å²) in [5, 5.41) is 5.32. The summed E-state index contributed by atoms with van der Waals surface area (Å²) in [5.74, 6) is 0. The molecule has 194 valence electrons. The molecule has 0 atom stereocenters. The largest absolute Gasteiger partial charge is 0.367 e. The molecule has 0 aliphatic heterocycles. The molecule has 0 radical (unpaired) electrons. The van der Waals surface area contributed by atoms with Gasteiger partial charge in [-0.15, -0.1) is 0 Å². The summed E-state index contributed by atoms with van der Waals surface area (Å²) in [6.07, 6.45) is 4.92. The monoisotopic (exact) mass is 492 g/mol. The van der Waals surface area contributed by atoms with Crippen LogP contribution in [-0.2, 0) is 6.54 Å². The molecule has 1 aliphatic carbocycles. The maximum atomic E-state index is 2.70. The fourth-order valence-electron chi connectivity index (χ4n) is 5.50. The van der Waals surface area contributed by atoms with Gasteiger partial charge in [-0.05, 0) is 103 Å². The van der Waals surface area contributed by atoms with Crippen LogP contribution in [-0.4, -0.2) is 36.0 Å². The molecule has 2 heteroatoms. The summed E-state index contributed by atoms with van der Waals surface area (Å²) in [6.45, 7) is 12.4. The summed E-state index contributed by atoms with van der Waals surface area (Å²) in [6, 6.07) is 29.3. The molecule has 0 spiro atoms. The van der Waals surface area contributed by atoms with Gasteiger partial charge in [0.05, 0.1) is 0 Å². The normalized spacial score (nSPS) is 12.7. The van der Waals surface area contributed by atoms with Crippen molar-refractivity contribution >= 4 is 27.2 Å². The second-order valence-corrected chi connectivity index (χ2v) is 10.3. The number of unbranched alkanes of at least 4 members (excludes halogenated alkanes) is 1. The van der Waals surface area contributed by atoms with Crippen molar-refractivity contribution < 1.29 is 0 Å². The van der Waals surface area contributed by atoms with Gasteiger partial charge in [-0.25, -0.2) is 0 Å². The van der Waals surface area contributed by atoms with Gasteiger partial charge in [0.15, 0.2) is 0 Å². The standard InChI is InChI=1S/C34H40N2.CH4/c1-4-35(5-2)20-10-11-21-36(25-27-16-17-28-12-6-7-14-31(28)23-27)34(29-18-19-29)33-24-32-15-9-8-13-30(32)22-26(33)3;/h6-9,12-17,22-24H,4-5,10-11,18-21,25H2,1-3H3;1H4. The minimum absolute atomic E-state index is 0. The zero-order valence-corrected chi connectivity index (χ0v) is 22.3. The lowest BCUT2D eigenvalue weighted by Gasteiger charge is -2.30. The second kappa shape index (κ2) is 12.4. The molecule has 1 saturated carbocycles. The molecule has 5 rings (SSSR count). The lowest BCUT2D eigenvalue weighted by Crippen LogP contribution is -2.27. The summed E-state index contributed by atoms with van der Waals surface area (Å²) in [7, 11) is 0. The van der Waals surface area contributed by atoms with Gasteiger partial charge in [-0.1, -0.05) is 88.0 Å². The number of nitrogens with zero attached hydrogens (tertiary/aromatic N) is 2. The van der Waals surface area contributed by atoms with Crippen LogP contribution >= 0.6 is 0 Å². The first-order chi connectivity index (χ1) is 17.7. The van der Waals surface area contributed by atoms with Crippen molar-refractivity contribution in [2.45, 2.75) is 60.4 Å². The molecule has 0 heterocycles. The van der Waals surface area contributed by atoms with Crippen molar-refractivity contribution in [2.24, 2.45) is 0 Å². The number of hydrogen-bond acceptors (Lipinski definition) is 2. The number of aryl methyl sites for hydroxylation is 1. The van der Waals surface area contributed by atoms with Crippen LogP contribution in [0, 0.1) is 6.92 Å². The Bertz CT molecular complexity index is 1360. The zero-order valence-electron chi connectivity index (χ0n) is 22.3. The van der Waals surface area contributed by atoms with E-state index >= 15 is 0 Å². The molecule has 1 aliphatic rings. The Labute approximate surface area is 224 Å². The van der Waals surface area contributed by atoms with Gasteiger partial charge in [0.25, 0.3) is 0 Å². The van der Waals surface area contributed by atoms with Crippen LogP contribution in [0.2, 0.25) is 0 Å². The molecule has 0 N–H and O–H groups in total. The second-order valence-electron chi connectivity index (χ2n) is 10.3. The van der Waals surface area contributed by atoms with Crippen LogP contribution in [0.15, 0.2) is 84.4 Å². The Morgan fingerprint density at radius 2 is 1.30 bits per heavy atom. The highest BCUT2D eigenvalue weighted by Crippen LogP contribution is 2.41. The molecule has 37 heavy (non-hydrogen) atoms. The SMILES string of the molecule is C.CCN(CC)CCCCN(Cc1ccc2ccccc2c1)C(=C1CC1)c1cc2ccccc2cc1C. The molecule has 1 fully saturated rings. The molecule has 0 bridgehead atoms. The summed E-state index contributed by atoms with van der Waals surface area (Å²) in [5.41, 5.74) is 7.32. The van der Waals surface area contributed by atoms with Crippen molar-refractivity contribution in [3.63, 3.8) is 0 Å². The average molecular weight is 493 g/mol. The van der Waals surface area contributed by atoms with Crippen molar-refractivity contribution in [1.82, 2.24) is 9.80 Å². The van der Waals surface area contributed by atoms with Gasteiger partial charge < -0.3 is 9.80 Å². The van der Waals surface area contributed by atoms with E-state index in [4.69, 9.17) is 0 Å². The van der Waals surface area contributed by atoms with Crippen molar-refractivity contribution in [2.75, 3.05) is 26.2 Å². The summed E-state index contributed by atoms with van der Waals surface area (Å²) in [4.78, 5) is 5.24. The number of allylic oxidation sites excluding steroid dienone is 1. The molecule has 0 saturated heterocycles. The van der Waals surface area contributed by atoms with Gasteiger partial charge in [0.2, 0.25) is 0 Å². The molecular formula is C35H44N2. The molecule has 0 amide bonds. The highest BCUT2D eigenvalue weighted by atomic mass is 15.1. The van der Waals surface area contributed by atoms with E-state index in [2.05, 4.69) is 109 Å². The Hall–Kier alpha value is -3.10. The zero-order chi connectivity index (χ0) is 24.9. The number of hydrogen-bond donors (Lipinski definition) is 0. The van der Waals surface area contributed by atoms with Crippen LogP contribution in [0.5, 0.6) is 0 Å². The lowest BCUT2D eigenvalue weighted by molar-refractivity contribution is 0.286. The number of rotatable bonds is 11. The quantitative estimate of drug-likeness (QED) is 0.193. The smallest absolute Gasteiger partial charge is 0.0437 e. The third-order valence-electron chi connectivity index (χ3n) is 7.73. The minimum atomic E-state index is 0. The Morgan fingerprint density at radius 3 is 1.95 bits per heavy atom. The Morgan fingerprint density at radius 1 is 0.703 bits per heavy atom. The highest BCUT2D eigenvalue weighted by Gasteiger charge is 2.25. The fraction of sp³-hybridized carbons (Fsp3) is 0.371. The van der Waals surface area contributed by atoms with Crippen LogP contribution in [0.3, 0.4) is 0 Å². The predicted octanol–water partition coefficient (Wildman–Crippen LogP) is 9.07. The average Bonchev–Trinajstić information content (AvgIpc) is 3.74. The number of fused-ring (bicyclic) bond motifs is 2. The van der Waals surface area contributed by atoms with Gasteiger partial charge in [0, 0.05) is 24.4 Å². The van der Waals surface area contributed by atoms with Crippen molar-refractivity contribution in [3.8, 4) is 0 Å². The summed E-state index contributed by atoms with van der Waals surface area (Å²) >= 11 is 0. The van der Waals surface area contributed by atoms with Gasteiger partial charge >= 0.3 is 0 Å². The van der Waals surface area contributed by atoms with E-state index in [1.165, 1.54) is 76.2 Å². The third-order valence-corrected chi connectivity index (χ3v) is 7.73. The first-order valence-electron chi connectivity index (χ1n) is 13.8. The van der Waals surface area contributed by atoms with E-state index in [1.807, 2.05) is 0 Å². The van der Waals surface area contributed by atoms with E-state index < -0.39 is 0 Å². The van der Waals surface area contributed by atoms with Gasteiger partial charge in [0.1, 0.15) is 0 Å². The van der Waals surface area contributed by atoms with E-state index in [-0.39, 0.29) is 7.43 Å². The van der Waals surface area contributed by atoms with E-state index in [0.717, 1.165) is 26.2 Å². The summed E-state index contributed by atoms with van der Waals surface area (Å²) < 4.78 is 0. The topological polar surface area (TPSA) is 6.48 Å². The number of benzene rings is 4. The molecule has 4 aromatic rings. The molecular weight excluding hydrogens is 448 g/mol. The van der Waals surface area contributed by atoms with E-state index in [0.29, 0.717) is 0 Å². The van der Waals surface area contributed by atoms with Crippen LogP contribution < -0.4 is 0 Å².